The van der Waals surface area contributed by atoms with Gasteiger partial charge in [0.05, 0.1) is 4.90 Å². The highest BCUT2D eigenvalue weighted by atomic mass is 35.5. The van der Waals surface area contributed by atoms with Crippen LogP contribution in [0.5, 0.6) is 0 Å². The van der Waals surface area contributed by atoms with Gasteiger partial charge in [0, 0.05) is 18.5 Å². The minimum Gasteiger partial charge on any atom is -0.354 e. The zero-order chi connectivity index (χ0) is 22.6. The summed E-state index contributed by atoms with van der Waals surface area (Å²) in [5.41, 5.74) is 2.97. The predicted molar refractivity (Wildman–Crippen MR) is 121 cm³/mol. The van der Waals surface area contributed by atoms with Crippen LogP contribution in [-0.4, -0.2) is 19.5 Å². The molecule has 0 saturated heterocycles. The number of carbonyl (C=O) groups is 1. The fraction of sp³-hybridized carbons (Fsp3) is 0.182. The molecular formula is C22H22ClN3O4S. The number of carbonyl (C=O) groups excluding carboxylic acids is 1. The number of nitrogens with one attached hydrogen (secondary N) is 2. The van der Waals surface area contributed by atoms with Gasteiger partial charge in [0.2, 0.25) is 15.9 Å². The quantitative estimate of drug-likeness (QED) is 0.539. The molecule has 0 saturated carbocycles. The van der Waals surface area contributed by atoms with E-state index in [0.717, 1.165) is 0 Å². The topological polar surface area (TPSA) is 101 Å². The third-order valence-electron chi connectivity index (χ3n) is 4.53. The van der Waals surface area contributed by atoms with E-state index in [4.69, 9.17) is 16.1 Å². The molecule has 0 radical (unpaired) electrons. The Bertz CT molecular complexity index is 1250. The van der Waals surface area contributed by atoms with Gasteiger partial charge in [-0.05, 0) is 48.7 Å². The van der Waals surface area contributed by atoms with Gasteiger partial charge in [-0.25, -0.2) is 13.1 Å². The smallest absolute Gasteiger partial charge is 0.241 e. The van der Waals surface area contributed by atoms with Crippen molar-refractivity contribution in [2.24, 2.45) is 0 Å². The number of halogens is 1. The largest absolute Gasteiger partial charge is 0.354 e. The Hall–Kier alpha value is -2.94. The SMILES string of the molecule is CC(=O)Nc1c(C)noc1C=Cc1ccc(C)c(S(=O)(=O)NCc2ccccc2Cl)c1. The maximum absolute atomic E-state index is 12.9. The minimum atomic E-state index is -3.77. The molecular weight excluding hydrogens is 438 g/mol. The standard InChI is InChI=1S/C22H22ClN3O4S/c1-14-8-9-17(10-11-20-22(25-16(3)27)15(2)26-30-20)12-21(14)31(28,29)24-13-18-6-4-5-7-19(18)23/h4-12,24H,13H2,1-3H3,(H,25,27). The number of sulfonamides is 1. The predicted octanol–water partition coefficient (Wildman–Crippen LogP) is 4.55. The van der Waals surface area contributed by atoms with Crippen LogP contribution in [-0.2, 0) is 21.4 Å². The van der Waals surface area contributed by atoms with Crippen LogP contribution in [0.4, 0.5) is 5.69 Å². The number of nitrogens with zero attached hydrogens (tertiary/aromatic N) is 1. The molecule has 2 N–H and O–H groups in total. The number of amides is 1. The second-order valence-electron chi connectivity index (χ2n) is 6.96. The van der Waals surface area contributed by atoms with Crippen LogP contribution in [0.15, 0.2) is 51.9 Å². The van der Waals surface area contributed by atoms with Crippen LogP contribution >= 0.6 is 11.6 Å². The van der Waals surface area contributed by atoms with Crippen molar-refractivity contribution >= 4 is 45.4 Å². The van der Waals surface area contributed by atoms with Gasteiger partial charge < -0.3 is 9.84 Å². The second-order valence-corrected chi connectivity index (χ2v) is 9.11. The maximum atomic E-state index is 12.9. The molecule has 0 aliphatic rings. The minimum absolute atomic E-state index is 0.0823. The summed E-state index contributed by atoms with van der Waals surface area (Å²) in [6, 6.07) is 12.2. The lowest BCUT2D eigenvalue weighted by atomic mass is 10.1. The molecule has 0 fully saturated rings. The molecule has 0 aliphatic heterocycles. The summed E-state index contributed by atoms with van der Waals surface area (Å²) in [5, 5.41) is 7.03. The van der Waals surface area contributed by atoms with Gasteiger partial charge in [-0.3, -0.25) is 4.79 Å². The zero-order valence-electron chi connectivity index (χ0n) is 17.3. The van der Waals surface area contributed by atoms with Crippen molar-refractivity contribution < 1.29 is 17.7 Å². The van der Waals surface area contributed by atoms with Crippen molar-refractivity contribution in [3.63, 3.8) is 0 Å². The van der Waals surface area contributed by atoms with Crippen LogP contribution in [0.2, 0.25) is 5.02 Å². The van der Waals surface area contributed by atoms with E-state index < -0.39 is 10.0 Å². The van der Waals surface area contributed by atoms with E-state index in [9.17, 15) is 13.2 Å². The summed E-state index contributed by atoms with van der Waals surface area (Å²) in [6.07, 6.45) is 3.32. The molecule has 9 heteroatoms. The molecule has 0 atom stereocenters. The summed E-state index contributed by atoms with van der Waals surface area (Å²) in [5.74, 6) is 0.129. The highest BCUT2D eigenvalue weighted by molar-refractivity contribution is 7.89. The molecule has 3 aromatic rings. The molecule has 7 nitrogen and oxygen atoms in total. The third kappa shape index (κ3) is 5.61. The fourth-order valence-electron chi connectivity index (χ4n) is 2.90. The van der Waals surface area contributed by atoms with Crippen LogP contribution in [0.25, 0.3) is 12.2 Å². The fourth-order valence-corrected chi connectivity index (χ4v) is 4.39. The maximum Gasteiger partial charge on any atom is 0.241 e. The van der Waals surface area contributed by atoms with E-state index in [-0.39, 0.29) is 17.3 Å². The molecule has 1 amide bonds. The number of hydrogen-bond donors (Lipinski definition) is 2. The summed E-state index contributed by atoms with van der Waals surface area (Å²) in [4.78, 5) is 11.5. The second kappa shape index (κ2) is 9.47. The van der Waals surface area contributed by atoms with E-state index >= 15 is 0 Å². The van der Waals surface area contributed by atoms with Crippen LogP contribution in [0, 0.1) is 13.8 Å². The Balaban J connectivity index is 1.84. The highest BCUT2D eigenvalue weighted by Crippen LogP contribution is 2.24. The summed E-state index contributed by atoms with van der Waals surface area (Å²) in [6.45, 7) is 4.92. The van der Waals surface area contributed by atoms with Crippen LogP contribution in [0.3, 0.4) is 0 Å². The van der Waals surface area contributed by atoms with Crippen molar-refractivity contribution in [2.75, 3.05) is 5.32 Å². The molecule has 0 spiro atoms. The summed E-state index contributed by atoms with van der Waals surface area (Å²) in [7, 11) is -3.77. The normalized spacial score (nSPS) is 11.7. The summed E-state index contributed by atoms with van der Waals surface area (Å²) >= 11 is 6.12. The summed E-state index contributed by atoms with van der Waals surface area (Å²) < 4.78 is 33.6. The molecule has 3 rings (SSSR count). The molecule has 2 aromatic carbocycles. The van der Waals surface area contributed by atoms with Gasteiger partial charge in [-0.2, -0.15) is 0 Å². The molecule has 31 heavy (non-hydrogen) atoms. The lowest BCUT2D eigenvalue weighted by Gasteiger charge is -2.11. The van der Waals surface area contributed by atoms with Crippen molar-refractivity contribution in [3.8, 4) is 0 Å². The van der Waals surface area contributed by atoms with Crippen LogP contribution in [0.1, 0.15) is 35.1 Å². The van der Waals surface area contributed by atoms with Crippen LogP contribution < -0.4 is 10.0 Å². The first-order chi connectivity index (χ1) is 14.7. The van der Waals surface area contributed by atoms with Crippen molar-refractivity contribution in [1.82, 2.24) is 9.88 Å². The Morgan fingerprint density at radius 1 is 1.16 bits per heavy atom. The average molecular weight is 460 g/mol. The number of rotatable bonds is 7. The number of aromatic nitrogens is 1. The van der Waals surface area contributed by atoms with Gasteiger partial charge in [-0.1, -0.05) is 53.2 Å². The lowest BCUT2D eigenvalue weighted by molar-refractivity contribution is -0.114. The average Bonchev–Trinajstić information content (AvgIpc) is 3.05. The van der Waals surface area contributed by atoms with Gasteiger partial charge in [0.1, 0.15) is 11.4 Å². The molecule has 1 heterocycles. The highest BCUT2D eigenvalue weighted by Gasteiger charge is 2.18. The van der Waals surface area contributed by atoms with E-state index in [2.05, 4.69) is 15.2 Å². The first-order valence-corrected chi connectivity index (χ1v) is 11.3. The van der Waals surface area contributed by atoms with E-state index in [1.165, 1.54) is 6.92 Å². The van der Waals surface area contributed by atoms with Gasteiger partial charge in [-0.15, -0.1) is 0 Å². The number of aryl methyl sites for hydroxylation is 2. The molecule has 162 valence electrons. The number of anilines is 1. The van der Waals surface area contributed by atoms with Gasteiger partial charge in [0.25, 0.3) is 0 Å². The first-order valence-electron chi connectivity index (χ1n) is 9.43. The Morgan fingerprint density at radius 3 is 2.61 bits per heavy atom. The Morgan fingerprint density at radius 2 is 1.90 bits per heavy atom. The zero-order valence-corrected chi connectivity index (χ0v) is 18.8. The van der Waals surface area contributed by atoms with Gasteiger partial charge in [0.15, 0.2) is 5.76 Å². The number of benzene rings is 2. The van der Waals surface area contributed by atoms with Gasteiger partial charge >= 0.3 is 0 Å². The van der Waals surface area contributed by atoms with E-state index in [1.54, 1.807) is 68.5 Å². The monoisotopic (exact) mass is 459 g/mol. The van der Waals surface area contributed by atoms with E-state index in [0.29, 0.717) is 38.9 Å². The Labute approximate surface area is 186 Å². The Kier molecular flexibility index (Phi) is 6.94. The first kappa shape index (κ1) is 22.7. The van der Waals surface area contributed by atoms with Crippen molar-refractivity contribution in [3.05, 3.63) is 75.6 Å². The molecule has 0 aliphatic carbocycles. The molecule has 0 unspecified atom stereocenters. The third-order valence-corrected chi connectivity index (χ3v) is 6.44. The molecule has 1 aromatic heterocycles. The van der Waals surface area contributed by atoms with E-state index in [1.807, 2.05) is 0 Å². The molecule has 0 bridgehead atoms. The van der Waals surface area contributed by atoms with Crippen molar-refractivity contribution in [1.29, 1.82) is 0 Å². The lowest BCUT2D eigenvalue weighted by Crippen LogP contribution is -2.24. The number of hydrogen-bond acceptors (Lipinski definition) is 5. The van der Waals surface area contributed by atoms with Crippen molar-refractivity contribution in [2.45, 2.75) is 32.2 Å².